The van der Waals surface area contributed by atoms with Gasteiger partial charge in [-0.25, -0.2) is 0 Å². The summed E-state index contributed by atoms with van der Waals surface area (Å²) in [6.45, 7) is 0. The van der Waals surface area contributed by atoms with Gasteiger partial charge < -0.3 is 4.74 Å². The van der Waals surface area contributed by atoms with Crippen molar-refractivity contribution >= 4 is 16.8 Å². The van der Waals surface area contributed by atoms with Gasteiger partial charge in [-0.3, -0.25) is 5.43 Å². The molecule has 2 unspecified atom stereocenters. The number of nitrogens with zero attached hydrogens (tertiary/aromatic N) is 1. The van der Waals surface area contributed by atoms with Gasteiger partial charge in [-0.05, 0) is 6.07 Å². The Morgan fingerprint density at radius 1 is 1.38 bits per heavy atom. The summed E-state index contributed by atoms with van der Waals surface area (Å²) in [6.07, 6.45) is -0.126. The zero-order chi connectivity index (χ0) is 8.84. The third-order valence-electron chi connectivity index (χ3n) is 2.36. The number of rotatable bonds is 0. The van der Waals surface area contributed by atoms with E-state index in [0.717, 1.165) is 11.3 Å². The first-order valence-electron chi connectivity index (χ1n) is 4.10. The van der Waals surface area contributed by atoms with Crippen LogP contribution in [0.4, 0.5) is 0 Å². The van der Waals surface area contributed by atoms with Crippen LogP contribution in [0.15, 0.2) is 29.4 Å². The quantitative estimate of drug-likeness (QED) is 0.681. The van der Waals surface area contributed by atoms with Crippen molar-refractivity contribution in [2.24, 2.45) is 5.10 Å². The van der Waals surface area contributed by atoms with Crippen LogP contribution in [0.2, 0.25) is 0 Å². The number of ether oxygens (including phenoxy) is 1. The number of nitrogens with one attached hydrogen (secondary N) is 1. The molecule has 3 nitrogen and oxygen atoms in total. The normalized spacial score (nSPS) is 28.5. The van der Waals surface area contributed by atoms with Crippen LogP contribution in [0.1, 0.15) is 11.6 Å². The molecule has 4 heteroatoms. The lowest BCUT2D eigenvalue weighted by molar-refractivity contribution is 0.275. The smallest absolute Gasteiger partial charge is 0.179 e. The molecule has 66 valence electrons. The number of hydrazone groups is 1. The molecule has 1 aromatic rings. The summed E-state index contributed by atoms with van der Waals surface area (Å²) in [5.41, 5.74) is 4.09. The Balaban J connectivity index is 2.08. The maximum Gasteiger partial charge on any atom is 0.179 e. The zero-order valence-electron chi connectivity index (χ0n) is 6.70. The lowest BCUT2D eigenvalue weighted by Gasteiger charge is -2.06. The standard InChI is InChI=1S/C9H7ClN2O/c10-9-8-7(11-12-9)5-3-1-2-4-6(5)13-8/h1-4,7-8,11H. The summed E-state index contributed by atoms with van der Waals surface area (Å²) in [5.74, 6) is 0.901. The first kappa shape index (κ1) is 7.21. The number of hydrogen-bond acceptors (Lipinski definition) is 3. The highest BCUT2D eigenvalue weighted by Gasteiger charge is 2.40. The third-order valence-corrected chi connectivity index (χ3v) is 2.66. The van der Waals surface area contributed by atoms with Gasteiger partial charge in [0.1, 0.15) is 11.8 Å². The van der Waals surface area contributed by atoms with Gasteiger partial charge >= 0.3 is 0 Å². The largest absolute Gasteiger partial charge is 0.480 e. The molecule has 1 N–H and O–H groups in total. The average molecular weight is 195 g/mol. The molecule has 1 aromatic carbocycles. The van der Waals surface area contributed by atoms with E-state index in [1.165, 1.54) is 0 Å². The van der Waals surface area contributed by atoms with Gasteiger partial charge in [-0.2, -0.15) is 5.10 Å². The number of fused-ring (bicyclic) bond motifs is 3. The highest BCUT2D eigenvalue weighted by Crippen LogP contribution is 2.39. The van der Waals surface area contributed by atoms with Gasteiger partial charge in [0, 0.05) is 5.56 Å². The highest BCUT2D eigenvalue weighted by atomic mass is 35.5. The summed E-state index contributed by atoms with van der Waals surface area (Å²) >= 11 is 5.87. The van der Waals surface area contributed by atoms with Gasteiger partial charge in [-0.1, -0.05) is 29.8 Å². The van der Waals surface area contributed by atoms with Crippen molar-refractivity contribution in [3.8, 4) is 5.75 Å². The summed E-state index contributed by atoms with van der Waals surface area (Å²) in [6, 6.07) is 8.00. The molecule has 2 aliphatic heterocycles. The molecule has 0 aromatic heterocycles. The molecule has 0 spiro atoms. The van der Waals surface area contributed by atoms with Crippen LogP contribution in [-0.4, -0.2) is 11.3 Å². The van der Waals surface area contributed by atoms with Crippen molar-refractivity contribution in [2.45, 2.75) is 12.1 Å². The molecule has 13 heavy (non-hydrogen) atoms. The van der Waals surface area contributed by atoms with Gasteiger partial charge in [-0.15, -0.1) is 0 Å². The van der Waals surface area contributed by atoms with Gasteiger partial charge in [0.2, 0.25) is 0 Å². The third kappa shape index (κ3) is 0.877. The molecule has 0 fully saturated rings. The van der Waals surface area contributed by atoms with E-state index < -0.39 is 0 Å². The van der Waals surface area contributed by atoms with Crippen molar-refractivity contribution in [3.05, 3.63) is 29.8 Å². The Bertz CT molecular complexity index is 391. The van der Waals surface area contributed by atoms with Crippen LogP contribution >= 0.6 is 11.6 Å². The second-order valence-electron chi connectivity index (χ2n) is 3.12. The van der Waals surface area contributed by atoms with Crippen LogP contribution in [-0.2, 0) is 0 Å². The molecule has 0 aliphatic carbocycles. The highest BCUT2D eigenvalue weighted by molar-refractivity contribution is 6.66. The Morgan fingerprint density at radius 2 is 2.23 bits per heavy atom. The molecule has 0 amide bonds. The Morgan fingerprint density at radius 3 is 3.15 bits per heavy atom. The molecule has 0 saturated heterocycles. The fourth-order valence-corrected chi connectivity index (χ4v) is 1.95. The second-order valence-corrected chi connectivity index (χ2v) is 3.50. The maximum atomic E-state index is 5.87. The minimum atomic E-state index is -0.126. The molecular weight excluding hydrogens is 188 g/mol. The lowest BCUT2D eigenvalue weighted by Crippen LogP contribution is -2.24. The first-order valence-corrected chi connectivity index (χ1v) is 4.48. The van der Waals surface area contributed by atoms with Crippen molar-refractivity contribution < 1.29 is 4.74 Å². The molecule has 0 radical (unpaired) electrons. The molecule has 2 atom stereocenters. The summed E-state index contributed by atoms with van der Waals surface area (Å²) in [5, 5.41) is 4.43. The van der Waals surface area contributed by atoms with Crippen molar-refractivity contribution in [1.29, 1.82) is 0 Å². The number of benzene rings is 1. The SMILES string of the molecule is ClC1=NNC2c3ccccc3OC12. The van der Waals surface area contributed by atoms with E-state index in [1.54, 1.807) is 0 Å². The summed E-state index contributed by atoms with van der Waals surface area (Å²) in [4.78, 5) is 0. The van der Waals surface area contributed by atoms with Gasteiger partial charge in [0.05, 0.1) is 0 Å². The average Bonchev–Trinajstić information content (AvgIpc) is 2.67. The molecule has 0 saturated carbocycles. The lowest BCUT2D eigenvalue weighted by atomic mass is 10.1. The predicted octanol–water partition coefficient (Wildman–Crippen LogP) is 1.64. The predicted molar refractivity (Wildman–Crippen MR) is 50.0 cm³/mol. The topological polar surface area (TPSA) is 33.6 Å². The summed E-state index contributed by atoms with van der Waals surface area (Å²) in [7, 11) is 0. The van der Waals surface area contributed by atoms with E-state index in [4.69, 9.17) is 16.3 Å². The first-order chi connectivity index (χ1) is 6.36. The van der Waals surface area contributed by atoms with Crippen LogP contribution < -0.4 is 10.2 Å². The summed E-state index contributed by atoms with van der Waals surface area (Å²) < 4.78 is 5.62. The zero-order valence-corrected chi connectivity index (χ0v) is 7.45. The van der Waals surface area contributed by atoms with E-state index in [9.17, 15) is 0 Å². The van der Waals surface area contributed by atoms with Crippen LogP contribution in [0.25, 0.3) is 0 Å². The molecule has 2 aliphatic rings. The second kappa shape index (κ2) is 2.39. The molecule has 0 bridgehead atoms. The Labute approximate surface area is 80.3 Å². The minimum absolute atomic E-state index is 0.101. The maximum absolute atomic E-state index is 5.87. The van der Waals surface area contributed by atoms with Crippen molar-refractivity contribution in [3.63, 3.8) is 0 Å². The minimum Gasteiger partial charge on any atom is -0.480 e. The van der Waals surface area contributed by atoms with E-state index in [1.807, 2.05) is 24.3 Å². The van der Waals surface area contributed by atoms with Crippen LogP contribution in [0, 0.1) is 0 Å². The number of para-hydroxylation sites is 1. The van der Waals surface area contributed by atoms with Crippen LogP contribution in [0.3, 0.4) is 0 Å². The van der Waals surface area contributed by atoms with E-state index >= 15 is 0 Å². The Kier molecular flexibility index (Phi) is 1.32. The van der Waals surface area contributed by atoms with E-state index in [0.29, 0.717) is 5.17 Å². The Hall–Kier alpha value is -1.22. The van der Waals surface area contributed by atoms with Crippen molar-refractivity contribution in [2.75, 3.05) is 0 Å². The van der Waals surface area contributed by atoms with E-state index in [2.05, 4.69) is 10.5 Å². The molecule has 2 heterocycles. The van der Waals surface area contributed by atoms with Gasteiger partial charge in [0.15, 0.2) is 11.3 Å². The molecule has 3 rings (SSSR count). The number of hydrogen-bond donors (Lipinski definition) is 1. The van der Waals surface area contributed by atoms with Gasteiger partial charge in [0.25, 0.3) is 0 Å². The van der Waals surface area contributed by atoms with Crippen molar-refractivity contribution in [1.82, 2.24) is 5.43 Å². The fourth-order valence-electron chi connectivity index (χ4n) is 1.73. The monoisotopic (exact) mass is 194 g/mol. The fraction of sp³-hybridized carbons (Fsp3) is 0.222. The van der Waals surface area contributed by atoms with Crippen LogP contribution in [0.5, 0.6) is 5.75 Å². The number of halogens is 1. The van der Waals surface area contributed by atoms with E-state index in [-0.39, 0.29) is 12.1 Å². The molecular formula is C9H7ClN2O.